The average molecular weight is 294 g/mol. The van der Waals surface area contributed by atoms with Crippen LogP contribution >= 0.6 is 6.72 Å². The minimum absolute atomic E-state index is 0.125. The molecule has 18 heavy (non-hydrogen) atoms. The van der Waals surface area contributed by atoms with Crippen LogP contribution in [0.5, 0.6) is 0 Å². The van der Waals surface area contributed by atoms with Gasteiger partial charge in [-0.3, -0.25) is 0 Å². The minimum Gasteiger partial charge on any atom is -0.812 e. The largest absolute Gasteiger partial charge is 0.812 e. The molecule has 0 atom stereocenters. The van der Waals surface area contributed by atoms with E-state index in [0.717, 1.165) is 19.5 Å². The highest BCUT2D eigenvalue weighted by Crippen LogP contribution is 2.23. The smallest absolute Gasteiger partial charge is 0.0611 e. The lowest BCUT2D eigenvalue weighted by Crippen LogP contribution is -2.33. The van der Waals surface area contributed by atoms with Gasteiger partial charge in [-0.2, -0.15) is 0 Å². The van der Waals surface area contributed by atoms with Gasteiger partial charge >= 0.3 is 0 Å². The van der Waals surface area contributed by atoms with Crippen LogP contribution in [0.25, 0.3) is 0 Å². The summed E-state index contributed by atoms with van der Waals surface area (Å²) in [5.41, 5.74) is 0. The van der Waals surface area contributed by atoms with Crippen molar-refractivity contribution in [3.05, 3.63) is 0 Å². The summed E-state index contributed by atoms with van der Waals surface area (Å²) in [7, 11) is 0. The molecule has 108 valence electrons. The van der Waals surface area contributed by atoms with E-state index in [1.165, 1.54) is 32.1 Å². The minimum atomic E-state index is -3.96. The molecular formula is C11H23N2O3PS-2. The van der Waals surface area contributed by atoms with Gasteiger partial charge in [0.2, 0.25) is 0 Å². The highest BCUT2D eigenvalue weighted by molar-refractivity contribution is 8.05. The molecule has 5 nitrogen and oxygen atoms in total. The van der Waals surface area contributed by atoms with E-state index in [4.69, 9.17) is 0 Å². The molecule has 1 fully saturated rings. The zero-order chi connectivity index (χ0) is 13.3. The third-order valence-corrected chi connectivity index (χ3v) is 3.91. The molecule has 0 radical (unpaired) electrons. The Hall–Kier alpha value is 0.450. The van der Waals surface area contributed by atoms with Crippen molar-refractivity contribution in [1.29, 1.82) is 0 Å². The third-order valence-electron chi connectivity index (χ3n) is 3.10. The van der Waals surface area contributed by atoms with Gasteiger partial charge in [0, 0.05) is 12.6 Å². The van der Waals surface area contributed by atoms with E-state index < -0.39 is 6.72 Å². The van der Waals surface area contributed by atoms with Crippen LogP contribution in [-0.4, -0.2) is 32.3 Å². The zero-order valence-electron chi connectivity index (χ0n) is 10.7. The SMILES string of the molecule is [O-]P([O-])(=S)OCCNCCCNC1CCCCC1. The molecule has 1 aliphatic rings. The van der Waals surface area contributed by atoms with Crippen molar-refractivity contribution >= 4 is 18.5 Å². The van der Waals surface area contributed by atoms with Gasteiger partial charge in [-0.25, -0.2) is 0 Å². The molecular weight excluding hydrogens is 271 g/mol. The van der Waals surface area contributed by atoms with Gasteiger partial charge in [0.05, 0.1) is 6.61 Å². The summed E-state index contributed by atoms with van der Waals surface area (Å²) in [6.45, 7) is -1.44. The summed E-state index contributed by atoms with van der Waals surface area (Å²) < 4.78 is 4.47. The standard InChI is InChI=1S/C11H25N2O3PS/c14-17(15,18)16-10-9-12-7-4-8-13-11-5-2-1-3-6-11/h11-13H,1-10H2,(H2,14,15,18)/p-2. The lowest BCUT2D eigenvalue weighted by atomic mass is 9.95. The molecule has 0 spiro atoms. The quantitative estimate of drug-likeness (QED) is 0.455. The number of rotatable bonds is 9. The summed E-state index contributed by atoms with van der Waals surface area (Å²) in [5, 5.41) is 6.68. The first kappa shape index (κ1) is 16.5. The van der Waals surface area contributed by atoms with Gasteiger partial charge in [0.15, 0.2) is 0 Å². The van der Waals surface area contributed by atoms with E-state index in [9.17, 15) is 9.79 Å². The molecule has 0 aliphatic heterocycles. The Morgan fingerprint density at radius 2 is 1.83 bits per heavy atom. The summed E-state index contributed by atoms with van der Waals surface area (Å²) in [6.07, 6.45) is 7.73. The second-order valence-electron chi connectivity index (χ2n) is 4.67. The van der Waals surface area contributed by atoms with E-state index >= 15 is 0 Å². The lowest BCUT2D eigenvalue weighted by Gasteiger charge is -2.34. The maximum absolute atomic E-state index is 10.5. The number of hydrogen-bond donors (Lipinski definition) is 2. The molecule has 0 aromatic carbocycles. The van der Waals surface area contributed by atoms with Crippen molar-refractivity contribution < 1.29 is 14.3 Å². The first-order valence-electron chi connectivity index (χ1n) is 6.68. The second kappa shape index (κ2) is 9.37. The van der Waals surface area contributed by atoms with Crippen LogP contribution in [0, 0.1) is 0 Å². The second-order valence-corrected chi connectivity index (χ2v) is 7.17. The van der Waals surface area contributed by atoms with Crippen LogP contribution < -0.4 is 20.4 Å². The van der Waals surface area contributed by atoms with Gasteiger partial charge in [-0.15, -0.1) is 11.8 Å². The summed E-state index contributed by atoms with van der Waals surface area (Å²) >= 11 is 4.12. The number of nitrogens with one attached hydrogen (secondary N) is 2. The molecule has 0 bridgehead atoms. The van der Waals surface area contributed by atoms with Crippen molar-refractivity contribution in [3.63, 3.8) is 0 Å². The van der Waals surface area contributed by atoms with Crippen molar-refractivity contribution in [3.8, 4) is 0 Å². The Labute approximate surface area is 115 Å². The summed E-state index contributed by atoms with van der Waals surface area (Å²) in [5.74, 6) is 0. The Morgan fingerprint density at radius 1 is 1.11 bits per heavy atom. The van der Waals surface area contributed by atoms with Crippen LogP contribution in [0.3, 0.4) is 0 Å². The van der Waals surface area contributed by atoms with Gasteiger partial charge < -0.3 is 24.9 Å². The van der Waals surface area contributed by atoms with Crippen molar-refractivity contribution in [1.82, 2.24) is 10.6 Å². The normalized spacial score (nSPS) is 18.1. The molecule has 7 heteroatoms. The van der Waals surface area contributed by atoms with E-state index in [2.05, 4.69) is 27.0 Å². The molecule has 1 rings (SSSR count). The van der Waals surface area contributed by atoms with Crippen LogP contribution in [-0.2, 0) is 16.3 Å². The Kier molecular flexibility index (Phi) is 8.59. The third kappa shape index (κ3) is 9.39. The average Bonchev–Trinajstić information content (AvgIpc) is 2.32. The highest BCUT2D eigenvalue weighted by atomic mass is 32.5. The topological polar surface area (TPSA) is 79.4 Å². The molecule has 0 unspecified atom stereocenters. The zero-order valence-corrected chi connectivity index (χ0v) is 12.4. The van der Waals surface area contributed by atoms with Crippen molar-refractivity contribution in [2.75, 3.05) is 26.2 Å². The maximum atomic E-state index is 10.5. The molecule has 1 saturated carbocycles. The fourth-order valence-electron chi connectivity index (χ4n) is 2.18. The predicted octanol–water partition coefficient (Wildman–Crippen LogP) is -0.150. The molecule has 0 amide bonds. The Morgan fingerprint density at radius 3 is 2.50 bits per heavy atom. The van der Waals surface area contributed by atoms with E-state index in [0.29, 0.717) is 12.6 Å². The van der Waals surface area contributed by atoms with Crippen molar-refractivity contribution in [2.45, 2.75) is 44.6 Å². The van der Waals surface area contributed by atoms with Crippen LogP contribution in [0.15, 0.2) is 0 Å². The summed E-state index contributed by atoms with van der Waals surface area (Å²) in [6, 6.07) is 0.702. The first-order chi connectivity index (χ1) is 8.58. The van der Waals surface area contributed by atoms with Gasteiger partial charge in [0.25, 0.3) is 0 Å². The first-order valence-corrected chi connectivity index (χ1v) is 9.24. The van der Waals surface area contributed by atoms with Crippen LogP contribution in [0.4, 0.5) is 0 Å². The summed E-state index contributed by atoms with van der Waals surface area (Å²) in [4.78, 5) is 21.0. The van der Waals surface area contributed by atoms with Crippen LogP contribution in [0.2, 0.25) is 0 Å². The van der Waals surface area contributed by atoms with E-state index in [-0.39, 0.29) is 6.61 Å². The fourth-order valence-corrected chi connectivity index (χ4v) is 2.72. The lowest BCUT2D eigenvalue weighted by molar-refractivity contribution is -0.321. The molecule has 0 aromatic rings. The highest BCUT2D eigenvalue weighted by Gasteiger charge is 2.11. The monoisotopic (exact) mass is 294 g/mol. The predicted molar refractivity (Wildman–Crippen MR) is 72.6 cm³/mol. The van der Waals surface area contributed by atoms with E-state index in [1.807, 2.05) is 0 Å². The van der Waals surface area contributed by atoms with Crippen LogP contribution in [0.1, 0.15) is 38.5 Å². The molecule has 0 heterocycles. The molecule has 0 aromatic heterocycles. The van der Waals surface area contributed by atoms with Crippen molar-refractivity contribution in [2.24, 2.45) is 0 Å². The van der Waals surface area contributed by atoms with Gasteiger partial charge in [0.1, 0.15) is 0 Å². The van der Waals surface area contributed by atoms with E-state index in [1.54, 1.807) is 0 Å². The maximum Gasteiger partial charge on any atom is 0.0611 e. The molecule has 0 saturated heterocycles. The Balaban J connectivity index is 1.82. The molecule has 2 N–H and O–H groups in total. The van der Waals surface area contributed by atoms with Gasteiger partial charge in [-0.05, 0) is 32.4 Å². The number of hydrogen-bond acceptors (Lipinski definition) is 6. The van der Waals surface area contributed by atoms with Gasteiger partial charge in [-0.1, -0.05) is 26.0 Å². The molecule has 1 aliphatic carbocycles. The Bertz CT molecular complexity index is 257. The fraction of sp³-hybridized carbons (Fsp3) is 1.00.